The quantitative estimate of drug-likeness (QED) is 0.847. The second-order valence-electron chi connectivity index (χ2n) is 5.63. The van der Waals surface area contributed by atoms with E-state index in [9.17, 15) is 0 Å². The molecule has 2 aromatic rings. The summed E-state index contributed by atoms with van der Waals surface area (Å²) in [7, 11) is 1.75. The van der Waals surface area contributed by atoms with Gasteiger partial charge in [0, 0.05) is 25.2 Å². The molecule has 2 atom stereocenters. The number of ether oxygens (including phenoxy) is 1. The Morgan fingerprint density at radius 2 is 2.23 bits per heavy atom. The highest BCUT2D eigenvalue weighted by Crippen LogP contribution is 2.32. The van der Waals surface area contributed by atoms with Gasteiger partial charge in [-0.1, -0.05) is 35.0 Å². The number of likely N-dealkylation sites (tertiary alicyclic amines) is 1. The highest BCUT2D eigenvalue weighted by Gasteiger charge is 2.36. The molecule has 2 heterocycles. The average molecular weight is 322 g/mol. The summed E-state index contributed by atoms with van der Waals surface area (Å²) in [5.74, 6) is 1.35. The topological polar surface area (TPSA) is 51.4 Å². The number of benzene rings is 1. The van der Waals surface area contributed by atoms with Crippen LogP contribution in [0.4, 0.5) is 0 Å². The van der Waals surface area contributed by atoms with Crippen molar-refractivity contribution in [3.63, 3.8) is 0 Å². The zero-order chi connectivity index (χ0) is 15.5. The van der Waals surface area contributed by atoms with Crippen LogP contribution in [-0.4, -0.2) is 41.3 Å². The molecule has 0 saturated carbocycles. The van der Waals surface area contributed by atoms with Gasteiger partial charge in [0.25, 0.3) is 0 Å². The molecule has 118 valence electrons. The summed E-state index contributed by atoms with van der Waals surface area (Å²) in [6.07, 6.45) is 1.96. The van der Waals surface area contributed by atoms with Crippen molar-refractivity contribution in [1.82, 2.24) is 15.0 Å². The Hall–Kier alpha value is -1.43. The molecule has 6 heteroatoms. The van der Waals surface area contributed by atoms with Crippen molar-refractivity contribution >= 4 is 11.6 Å². The van der Waals surface area contributed by atoms with Crippen LogP contribution in [0.2, 0.25) is 5.02 Å². The maximum atomic E-state index is 6.24. The number of hydrogen-bond acceptors (Lipinski definition) is 5. The maximum Gasteiger partial charge on any atom is 0.244 e. The van der Waals surface area contributed by atoms with Crippen LogP contribution < -0.4 is 0 Å². The van der Waals surface area contributed by atoms with Gasteiger partial charge in [0.1, 0.15) is 0 Å². The summed E-state index contributed by atoms with van der Waals surface area (Å²) >= 11 is 6.24. The minimum atomic E-state index is 0.119. The van der Waals surface area contributed by atoms with E-state index in [0.717, 1.165) is 36.5 Å². The molecule has 1 aliphatic rings. The Balaban J connectivity index is 1.71. The van der Waals surface area contributed by atoms with Gasteiger partial charge in [-0.25, -0.2) is 0 Å². The largest absolute Gasteiger partial charge is 0.380 e. The first-order valence-corrected chi connectivity index (χ1v) is 7.85. The second-order valence-corrected chi connectivity index (χ2v) is 6.03. The fraction of sp³-hybridized carbons (Fsp3) is 0.500. The monoisotopic (exact) mass is 321 g/mol. The summed E-state index contributed by atoms with van der Waals surface area (Å²) in [5, 5.41) is 4.72. The van der Waals surface area contributed by atoms with E-state index in [1.54, 1.807) is 7.11 Å². The number of rotatable bonds is 5. The highest BCUT2D eigenvalue weighted by molar-refractivity contribution is 6.31. The van der Waals surface area contributed by atoms with E-state index < -0.39 is 0 Å². The van der Waals surface area contributed by atoms with Gasteiger partial charge in [-0.15, -0.1) is 0 Å². The molecule has 0 aliphatic carbocycles. The number of halogens is 1. The van der Waals surface area contributed by atoms with Crippen LogP contribution in [0.5, 0.6) is 0 Å². The van der Waals surface area contributed by atoms with E-state index in [4.69, 9.17) is 20.9 Å². The zero-order valence-corrected chi connectivity index (χ0v) is 13.6. The molecule has 5 nitrogen and oxygen atoms in total. The molecule has 1 aromatic carbocycles. The Kier molecular flexibility index (Phi) is 4.76. The predicted octanol–water partition coefficient (Wildman–Crippen LogP) is 3.04. The van der Waals surface area contributed by atoms with Crippen LogP contribution in [0.25, 0.3) is 0 Å². The fourth-order valence-corrected chi connectivity index (χ4v) is 3.18. The number of aromatic nitrogens is 2. The molecule has 0 amide bonds. The molecule has 0 N–H and O–H groups in total. The molecule has 1 aromatic heterocycles. The summed E-state index contributed by atoms with van der Waals surface area (Å²) in [5.41, 5.74) is 1.16. The minimum Gasteiger partial charge on any atom is -0.380 e. The van der Waals surface area contributed by atoms with Crippen molar-refractivity contribution in [3.05, 3.63) is 46.6 Å². The van der Waals surface area contributed by atoms with Crippen molar-refractivity contribution < 1.29 is 9.26 Å². The summed E-state index contributed by atoms with van der Waals surface area (Å²) in [4.78, 5) is 6.72. The lowest BCUT2D eigenvalue weighted by molar-refractivity contribution is 0.108. The fourth-order valence-electron chi connectivity index (χ4n) is 2.95. The van der Waals surface area contributed by atoms with E-state index in [2.05, 4.69) is 21.1 Å². The van der Waals surface area contributed by atoms with Gasteiger partial charge in [-0.05, 0) is 31.4 Å². The van der Waals surface area contributed by atoms with Gasteiger partial charge in [0.2, 0.25) is 5.89 Å². The lowest BCUT2D eigenvalue weighted by Crippen LogP contribution is -2.27. The van der Waals surface area contributed by atoms with E-state index in [0.29, 0.717) is 11.7 Å². The van der Waals surface area contributed by atoms with Crippen LogP contribution in [0, 0.1) is 6.92 Å². The lowest BCUT2D eigenvalue weighted by atomic mass is 10.1. The van der Waals surface area contributed by atoms with E-state index >= 15 is 0 Å². The molecular weight excluding hydrogens is 302 g/mol. The summed E-state index contributed by atoms with van der Waals surface area (Å²) in [6.45, 7) is 3.59. The molecule has 0 unspecified atom stereocenters. The van der Waals surface area contributed by atoms with Gasteiger partial charge in [-0.3, -0.25) is 4.90 Å². The second kappa shape index (κ2) is 6.77. The van der Waals surface area contributed by atoms with E-state index in [1.165, 1.54) is 0 Å². The van der Waals surface area contributed by atoms with Gasteiger partial charge >= 0.3 is 0 Å². The summed E-state index contributed by atoms with van der Waals surface area (Å²) < 4.78 is 10.9. The zero-order valence-electron chi connectivity index (χ0n) is 12.8. The van der Waals surface area contributed by atoms with Crippen molar-refractivity contribution in [2.24, 2.45) is 0 Å². The molecule has 1 aliphatic heterocycles. The number of nitrogens with zero attached hydrogens (tertiary/aromatic N) is 3. The SMILES string of the molecule is CO[C@H]1C[C@H](c2nc(C)no2)N(CCc2ccccc2Cl)C1. The molecule has 3 rings (SSSR count). The molecular formula is C16H20ClN3O2. The number of hydrogen-bond donors (Lipinski definition) is 0. The molecule has 22 heavy (non-hydrogen) atoms. The standard InChI is InChI=1S/C16H20ClN3O2/c1-11-18-16(22-19-11)15-9-13(21-2)10-20(15)8-7-12-5-3-4-6-14(12)17/h3-6,13,15H,7-10H2,1-2H3/t13-,15+/m0/s1. The molecule has 0 radical (unpaired) electrons. The Morgan fingerprint density at radius 1 is 1.41 bits per heavy atom. The Labute approximate surface area is 135 Å². The maximum absolute atomic E-state index is 6.24. The van der Waals surface area contributed by atoms with Gasteiger partial charge < -0.3 is 9.26 Å². The first-order chi connectivity index (χ1) is 10.7. The Bertz CT molecular complexity index is 631. The van der Waals surface area contributed by atoms with Crippen LogP contribution in [0.1, 0.15) is 29.7 Å². The van der Waals surface area contributed by atoms with Gasteiger partial charge in [0.15, 0.2) is 5.82 Å². The first kappa shape index (κ1) is 15.5. The van der Waals surface area contributed by atoms with Crippen LogP contribution in [-0.2, 0) is 11.2 Å². The normalized spacial score (nSPS) is 22.3. The molecule has 1 fully saturated rings. The van der Waals surface area contributed by atoms with Gasteiger partial charge in [0.05, 0.1) is 12.1 Å². The third kappa shape index (κ3) is 3.32. The van der Waals surface area contributed by atoms with Crippen LogP contribution in [0.3, 0.4) is 0 Å². The molecule has 1 saturated heterocycles. The average Bonchev–Trinajstić information content (AvgIpc) is 3.12. The summed E-state index contributed by atoms with van der Waals surface area (Å²) in [6, 6.07) is 8.08. The highest BCUT2D eigenvalue weighted by atomic mass is 35.5. The minimum absolute atomic E-state index is 0.119. The van der Waals surface area contributed by atoms with Crippen molar-refractivity contribution in [2.45, 2.75) is 31.9 Å². The molecule has 0 spiro atoms. The first-order valence-electron chi connectivity index (χ1n) is 7.48. The van der Waals surface area contributed by atoms with Crippen molar-refractivity contribution in [1.29, 1.82) is 0 Å². The lowest BCUT2D eigenvalue weighted by Gasteiger charge is -2.21. The van der Waals surface area contributed by atoms with Crippen molar-refractivity contribution in [3.8, 4) is 0 Å². The van der Waals surface area contributed by atoms with Gasteiger partial charge in [-0.2, -0.15) is 4.98 Å². The number of methoxy groups -OCH3 is 1. The van der Waals surface area contributed by atoms with E-state index in [1.807, 2.05) is 25.1 Å². The third-order valence-electron chi connectivity index (χ3n) is 4.15. The third-order valence-corrected chi connectivity index (χ3v) is 4.52. The predicted molar refractivity (Wildman–Crippen MR) is 83.9 cm³/mol. The van der Waals surface area contributed by atoms with Crippen LogP contribution in [0.15, 0.2) is 28.8 Å². The smallest absolute Gasteiger partial charge is 0.244 e. The van der Waals surface area contributed by atoms with Crippen molar-refractivity contribution in [2.75, 3.05) is 20.2 Å². The molecule has 0 bridgehead atoms. The Morgan fingerprint density at radius 3 is 2.91 bits per heavy atom. The van der Waals surface area contributed by atoms with E-state index in [-0.39, 0.29) is 12.1 Å². The number of aryl methyl sites for hydroxylation is 1. The van der Waals surface area contributed by atoms with Crippen LogP contribution >= 0.6 is 11.6 Å².